The van der Waals surface area contributed by atoms with Crippen molar-refractivity contribution in [3.63, 3.8) is 0 Å². The van der Waals surface area contributed by atoms with Gasteiger partial charge in [0.25, 0.3) is 0 Å². The van der Waals surface area contributed by atoms with Crippen LogP contribution in [-0.2, 0) is 21.2 Å². The Morgan fingerprint density at radius 1 is 1.04 bits per heavy atom. The van der Waals surface area contributed by atoms with E-state index in [2.05, 4.69) is 4.98 Å². The van der Waals surface area contributed by atoms with E-state index in [4.69, 9.17) is 9.47 Å². The third-order valence-electron chi connectivity index (χ3n) is 3.69. The highest BCUT2D eigenvalue weighted by Crippen LogP contribution is 2.25. The second-order valence-corrected chi connectivity index (χ2v) is 7.79. The number of hydrogen-bond acceptors (Lipinski definition) is 6. The van der Waals surface area contributed by atoms with Crippen molar-refractivity contribution < 1.29 is 22.7 Å². The van der Waals surface area contributed by atoms with Gasteiger partial charge < -0.3 is 9.47 Å². The minimum Gasteiger partial charge on any atom is -0.457 e. The number of aromatic nitrogens is 1. The molecular weight excluding hydrogens is 366 g/mol. The van der Waals surface area contributed by atoms with Crippen LogP contribution in [0.3, 0.4) is 0 Å². The molecule has 6 nitrogen and oxygen atoms in total. The number of sulfone groups is 1. The van der Waals surface area contributed by atoms with Gasteiger partial charge in [-0.3, -0.25) is 4.98 Å². The van der Waals surface area contributed by atoms with E-state index in [-0.39, 0.29) is 17.1 Å². The molecule has 3 rings (SSSR count). The van der Waals surface area contributed by atoms with Gasteiger partial charge in [0.1, 0.15) is 18.1 Å². The molecule has 0 aliphatic rings. The van der Waals surface area contributed by atoms with Crippen molar-refractivity contribution in [3.05, 3.63) is 84.2 Å². The van der Waals surface area contributed by atoms with Gasteiger partial charge in [-0.25, -0.2) is 13.2 Å². The molecule has 0 amide bonds. The number of esters is 1. The standard InChI is InChI=1S/C20H17NO5S/c1-27(23,24)18-9-4-7-15(12-18)20(22)25-14-16-6-2-3-10-19(16)26-17-8-5-11-21-13-17/h2-13H,14H2,1H3. The van der Waals surface area contributed by atoms with Crippen LogP contribution in [0.5, 0.6) is 11.5 Å². The number of benzene rings is 2. The summed E-state index contributed by atoms with van der Waals surface area (Å²) in [5.74, 6) is 0.497. The molecule has 0 fully saturated rings. The smallest absolute Gasteiger partial charge is 0.338 e. The zero-order chi connectivity index (χ0) is 19.3. The molecular formula is C20H17NO5S. The second-order valence-electron chi connectivity index (χ2n) is 5.77. The van der Waals surface area contributed by atoms with E-state index in [1.807, 2.05) is 12.1 Å². The molecule has 0 unspecified atom stereocenters. The van der Waals surface area contributed by atoms with Crippen LogP contribution in [0.25, 0.3) is 0 Å². The first-order valence-corrected chi connectivity index (χ1v) is 9.95. The van der Waals surface area contributed by atoms with Gasteiger partial charge in [0.15, 0.2) is 9.84 Å². The Bertz CT molecular complexity index is 1050. The summed E-state index contributed by atoms with van der Waals surface area (Å²) in [4.78, 5) is 16.4. The van der Waals surface area contributed by atoms with E-state index in [0.29, 0.717) is 17.1 Å². The number of hydrogen-bond donors (Lipinski definition) is 0. The summed E-state index contributed by atoms with van der Waals surface area (Å²) in [6, 6.07) is 16.4. The van der Waals surface area contributed by atoms with Gasteiger partial charge in [-0.15, -0.1) is 0 Å². The van der Waals surface area contributed by atoms with Crippen molar-refractivity contribution in [2.45, 2.75) is 11.5 Å². The van der Waals surface area contributed by atoms with Gasteiger partial charge in [0.05, 0.1) is 16.7 Å². The van der Waals surface area contributed by atoms with Crippen LogP contribution < -0.4 is 4.74 Å². The molecule has 7 heteroatoms. The molecule has 138 valence electrons. The van der Waals surface area contributed by atoms with Crippen LogP contribution in [0.1, 0.15) is 15.9 Å². The molecule has 1 aromatic heterocycles. The summed E-state index contributed by atoms with van der Waals surface area (Å²) in [5.41, 5.74) is 0.845. The quantitative estimate of drug-likeness (QED) is 0.605. The van der Waals surface area contributed by atoms with Crippen LogP contribution in [-0.4, -0.2) is 25.6 Å². The minimum absolute atomic E-state index is 0.0155. The molecule has 0 spiro atoms. The second kappa shape index (κ2) is 8.01. The summed E-state index contributed by atoms with van der Waals surface area (Å²) < 4.78 is 34.4. The fourth-order valence-electron chi connectivity index (χ4n) is 2.34. The highest BCUT2D eigenvalue weighted by molar-refractivity contribution is 7.90. The summed E-state index contributed by atoms with van der Waals surface area (Å²) in [5, 5.41) is 0. The number of ether oxygens (including phenoxy) is 2. The molecule has 3 aromatic rings. The third kappa shape index (κ3) is 4.92. The lowest BCUT2D eigenvalue weighted by molar-refractivity contribution is 0.0470. The van der Waals surface area contributed by atoms with E-state index >= 15 is 0 Å². The molecule has 0 aliphatic heterocycles. The van der Waals surface area contributed by atoms with Gasteiger partial charge in [-0.1, -0.05) is 24.3 Å². The monoisotopic (exact) mass is 383 g/mol. The third-order valence-corrected chi connectivity index (χ3v) is 4.80. The van der Waals surface area contributed by atoms with Gasteiger partial charge in [-0.05, 0) is 36.4 Å². The van der Waals surface area contributed by atoms with Crippen molar-refractivity contribution in [1.82, 2.24) is 4.98 Å². The van der Waals surface area contributed by atoms with E-state index in [1.165, 1.54) is 24.3 Å². The maximum absolute atomic E-state index is 12.3. The lowest BCUT2D eigenvalue weighted by Crippen LogP contribution is -2.07. The highest BCUT2D eigenvalue weighted by atomic mass is 32.2. The molecule has 0 bridgehead atoms. The average Bonchev–Trinajstić information content (AvgIpc) is 2.67. The van der Waals surface area contributed by atoms with Crippen molar-refractivity contribution in [1.29, 1.82) is 0 Å². The number of nitrogens with zero attached hydrogens (tertiary/aromatic N) is 1. The molecule has 0 N–H and O–H groups in total. The number of carbonyl (C=O) groups is 1. The first-order chi connectivity index (χ1) is 12.9. The zero-order valence-corrected chi connectivity index (χ0v) is 15.3. The Morgan fingerprint density at radius 3 is 2.59 bits per heavy atom. The normalized spacial score (nSPS) is 11.0. The lowest BCUT2D eigenvalue weighted by Gasteiger charge is -2.11. The Hall–Kier alpha value is -3.19. The van der Waals surface area contributed by atoms with E-state index in [0.717, 1.165) is 6.26 Å². The van der Waals surface area contributed by atoms with Crippen molar-refractivity contribution in [3.8, 4) is 11.5 Å². The maximum Gasteiger partial charge on any atom is 0.338 e. The first kappa shape index (κ1) is 18.6. The Kier molecular flexibility index (Phi) is 5.52. The van der Waals surface area contributed by atoms with Crippen LogP contribution in [0.2, 0.25) is 0 Å². The van der Waals surface area contributed by atoms with Crippen LogP contribution >= 0.6 is 0 Å². The first-order valence-electron chi connectivity index (χ1n) is 8.06. The molecule has 0 saturated carbocycles. The van der Waals surface area contributed by atoms with Gasteiger partial charge in [-0.2, -0.15) is 0 Å². The Morgan fingerprint density at radius 2 is 1.85 bits per heavy atom. The predicted octanol–water partition coefficient (Wildman–Crippen LogP) is 3.63. The largest absolute Gasteiger partial charge is 0.457 e. The highest BCUT2D eigenvalue weighted by Gasteiger charge is 2.14. The molecule has 0 atom stereocenters. The van der Waals surface area contributed by atoms with Crippen LogP contribution in [0, 0.1) is 0 Å². The van der Waals surface area contributed by atoms with E-state index in [9.17, 15) is 13.2 Å². The predicted molar refractivity (Wildman–Crippen MR) is 99.4 cm³/mol. The Labute approximate surface area is 157 Å². The van der Waals surface area contributed by atoms with Gasteiger partial charge in [0.2, 0.25) is 0 Å². The molecule has 27 heavy (non-hydrogen) atoms. The summed E-state index contributed by atoms with van der Waals surface area (Å²) >= 11 is 0. The SMILES string of the molecule is CS(=O)(=O)c1cccc(C(=O)OCc2ccccc2Oc2cccnc2)c1. The zero-order valence-electron chi connectivity index (χ0n) is 14.5. The van der Waals surface area contributed by atoms with Gasteiger partial charge >= 0.3 is 5.97 Å². The van der Waals surface area contributed by atoms with Crippen molar-refractivity contribution >= 4 is 15.8 Å². The van der Waals surface area contributed by atoms with Crippen molar-refractivity contribution in [2.75, 3.05) is 6.26 Å². The fourth-order valence-corrected chi connectivity index (χ4v) is 3.00. The van der Waals surface area contributed by atoms with E-state index in [1.54, 1.807) is 36.7 Å². The minimum atomic E-state index is -3.40. The Balaban J connectivity index is 1.73. The molecule has 0 aliphatic carbocycles. The number of rotatable bonds is 6. The fraction of sp³-hybridized carbons (Fsp3) is 0.100. The number of pyridine rings is 1. The summed E-state index contributed by atoms with van der Waals surface area (Å²) in [7, 11) is -3.40. The summed E-state index contributed by atoms with van der Waals surface area (Å²) in [6.07, 6.45) is 4.31. The van der Waals surface area contributed by atoms with Crippen LogP contribution in [0.4, 0.5) is 0 Å². The molecule has 2 aromatic carbocycles. The maximum atomic E-state index is 12.3. The van der Waals surface area contributed by atoms with Gasteiger partial charge in [0, 0.05) is 18.0 Å². The summed E-state index contributed by atoms with van der Waals surface area (Å²) in [6.45, 7) is -0.0155. The number of para-hydroxylation sites is 1. The molecule has 0 saturated heterocycles. The number of carbonyl (C=O) groups excluding carboxylic acids is 1. The molecule has 1 heterocycles. The molecule has 0 radical (unpaired) electrons. The van der Waals surface area contributed by atoms with Crippen LogP contribution in [0.15, 0.2) is 78.0 Å². The lowest BCUT2D eigenvalue weighted by atomic mass is 10.2. The van der Waals surface area contributed by atoms with E-state index < -0.39 is 15.8 Å². The van der Waals surface area contributed by atoms with Crippen molar-refractivity contribution in [2.24, 2.45) is 0 Å². The average molecular weight is 383 g/mol. The topological polar surface area (TPSA) is 82.6 Å².